The van der Waals surface area contributed by atoms with Crippen LogP contribution >= 0.6 is 11.6 Å². The average Bonchev–Trinajstić information content (AvgIpc) is 2.72. The van der Waals surface area contributed by atoms with Crippen LogP contribution in [0.4, 0.5) is 0 Å². The maximum absolute atomic E-state index is 13.1. The lowest BCUT2D eigenvalue weighted by atomic mass is 9.80. The number of aliphatic hydroxyl groups excluding tert-OH is 1. The fourth-order valence-electron chi connectivity index (χ4n) is 4.23. The molecule has 9 atom stereocenters. The summed E-state index contributed by atoms with van der Waals surface area (Å²) < 4.78 is 27.2. The Kier molecular flexibility index (Phi) is 10.5. The summed E-state index contributed by atoms with van der Waals surface area (Å²) in [5, 5.41) is 13.0. The Bertz CT molecular complexity index is 753. The molecule has 0 aromatic rings. The summed E-state index contributed by atoms with van der Waals surface area (Å²) in [6.07, 6.45) is -6.92. The van der Waals surface area contributed by atoms with Gasteiger partial charge < -0.3 is 39.8 Å². The van der Waals surface area contributed by atoms with Crippen LogP contribution in [-0.4, -0.2) is 90.3 Å². The van der Waals surface area contributed by atoms with Gasteiger partial charge in [0.1, 0.15) is 0 Å². The van der Waals surface area contributed by atoms with Crippen molar-refractivity contribution in [2.45, 2.75) is 89.4 Å². The second-order valence-corrected chi connectivity index (χ2v) is 8.78. The van der Waals surface area contributed by atoms with Crippen LogP contribution < -0.4 is 11.1 Å². The monoisotopic (exact) mass is 508 g/mol. The van der Waals surface area contributed by atoms with E-state index in [1.807, 2.05) is 0 Å². The largest absolute Gasteiger partial charge is 0.456 e. The van der Waals surface area contributed by atoms with E-state index in [2.05, 4.69) is 5.32 Å². The van der Waals surface area contributed by atoms with Crippen LogP contribution in [0.3, 0.4) is 0 Å². The van der Waals surface area contributed by atoms with Gasteiger partial charge in [-0.25, -0.2) is 0 Å². The molecule has 1 saturated carbocycles. The minimum Gasteiger partial charge on any atom is -0.456 e. The molecule has 4 N–H and O–H groups in total. The Hall–Kier alpha value is -1.99. The second-order valence-electron chi connectivity index (χ2n) is 8.40. The van der Waals surface area contributed by atoms with Crippen molar-refractivity contribution in [3.05, 3.63) is 0 Å². The molecule has 12 nitrogen and oxygen atoms in total. The Morgan fingerprint density at radius 1 is 1.00 bits per heavy atom. The van der Waals surface area contributed by atoms with E-state index in [0.29, 0.717) is 0 Å². The van der Waals surface area contributed by atoms with Gasteiger partial charge in [0.2, 0.25) is 5.91 Å². The van der Waals surface area contributed by atoms with E-state index in [4.69, 9.17) is 41.0 Å². The van der Waals surface area contributed by atoms with Crippen molar-refractivity contribution in [3.63, 3.8) is 0 Å². The third-order valence-corrected chi connectivity index (χ3v) is 5.81. The van der Waals surface area contributed by atoms with E-state index in [-0.39, 0.29) is 25.3 Å². The molecule has 1 amide bonds. The molecule has 0 spiro atoms. The molecule has 194 valence electrons. The lowest BCUT2D eigenvalue weighted by Crippen LogP contribution is -2.66. The van der Waals surface area contributed by atoms with E-state index in [1.165, 1.54) is 6.92 Å². The number of aliphatic hydroxyl groups is 1. The molecule has 1 aliphatic carbocycles. The Balaban J connectivity index is 2.21. The number of esters is 3. The smallest absolute Gasteiger partial charge is 0.303 e. The van der Waals surface area contributed by atoms with Crippen molar-refractivity contribution in [1.29, 1.82) is 0 Å². The molecular weight excluding hydrogens is 476 g/mol. The quantitative estimate of drug-likeness (QED) is 0.216. The summed E-state index contributed by atoms with van der Waals surface area (Å²) in [5.74, 6) is -3.18. The van der Waals surface area contributed by atoms with Crippen molar-refractivity contribution < 1.29 is 48.0 Å². The second kappa shape index (κ2) is 12.6. The minimum absolute atomic E-state index is 0.0317. The van der Waals surface area contributed by atoms with Crippen LogP contribution in [0.2, 0.25) is 0 Å². The van der Waals surface area contributed by atoms with Gasteiger partial charge in [-0.3, -0.25) is 19.2 Å². The van der Waals surface area contributed by atoms with Gasteiger partial charge in [0.05, 0.1) is 30.8 Å². The minimum atomic E-state index is -1.31. The maximum atomic E-state index is 13.1. The zero-order valence-corrected chi connectivity index (χ0v) is 20.4. The number of carbonyl (C=O) groups excluding carboxylic acids is 4. The van der Waals surface area contributed by atoms with E-state index in [1.54, 1.807) is 6.92 Å². The number of amides is 1. The standard InChI is InChI=1S/C21H33ClN2O10/c1-9-17(32-10(2)25)18(33-11(3)26)19(34-12(4)27)21(31-9)24-20(29)13-7-15(28)16(8-14(13)23)30-6-5-22/h9,13-19,21,28H,5-8,23H2,1-4H3,(H,24,29)/t9-,13+,14-,15-,16-,17+,18+,19-,21+/m0/s1. The third-order valence-electron chi connectivity index (χ3n) is 5.65. The molecule has 2 fully saturated rings. The fourth-order valence-corrected chi connectivity index (χ4v) is 4.32. The molecule has 0 aromatic carbocycles. The SMILES string of the molecule is CC(=O)O[C@@H]1[C@H](OC(C)=O)[C@H](C)O[C@@H](NC(=O)[C@@H]2C[C@H](O)[C@@H](OCCCl)C[C@@H]2N)[C@H]1OC(C)=O. The zero-order chi connectivity index (χ0) is 25.6. The first-order valence-electron chi connectivity index (χ1n) is 11.0. The van der Waals surface area contributed by atoms with Crippen LogP contribution in [0.5, 0.6) is 0 Å². The van der Waals surface area contributed by atoms with Gasteiger partial charge in [0, 0.05) is 32.7 Å². The number of nitrogens with two attached hydrogens (primary N) is 1. The molecule has 13 heteroatoms. The highest BCUT2D eigenvalue weighted by atomic mass is 35.5. The predicted octanol–water partition coefficient (Wildman–Crippen LogP) is -0.635. The first-order chi connectivity index (χ1) is 15.9. The number of ether oxygens (including phenoxy) is 5. The Labute approximate surface area is 202 Å². The van der Waals surface area contributed by atoms with Crippen molar-refractivity contribution in [2.75, 3.05) is 12.5 Å². The lowest BCUT2D eigenvalue weighted by molar-refractivity contribution is -0.248. The number of carbonyl (C=O) groups is 4. The number of hydrogen-bond acceptors (Lipinski definition) is 11. The van der Waals surface area contributed by atoms with Gasteiger partial charge >= 0.3 is 17.9 Å². The number of halogens is 1. The summed E-state index contributed by atoms with van der Waals surface area (Å²) in [7, 11) is 0. The molecule has 0 radical (unpaired) electrons. The first kappa shape index (κ1) is 28.2. The Morgan fingerprint density at radius 2 is 1.56 bits per heavy atom. The number of nitrogens with one attached hydrogen (secondary N) is 1. The molecule has 2 aliphatic rings. The zero-order valence-electron chi connectivity index (χ0n) is 19.6. The molecule has 0 unspecified atom stereocenters. The van der Waals surface area contributed by atoms with Gasteiger partial charge in [-0.15, -0.1) is 11.6 Å². The molecular formula is C21H33ClN2O10. The van der Waals surface area contributed by atoms with Crippen molar-refractivity contribution in [3.8, 4) is 0 Å². The lowest BCUT2D eigenvalue weighted by Gasteiger charge is -2.44. The summed E-state index contributed by atoms with van der Waals surface area (Å²) in [4.78, 5) is 48.2. The highest BCUT2D eigenvalue weighted by Gasteiger charge is 2.51. The summed E-state index contributed by atoms with van der Waals surface area (Å²) in [6.45, 7) is 5.26. The summed E-state index contributed by atoms with van der Waals surface area (Å²) >= 11 is 5.62. The molecule has 1 saturated heterocycles. The van der Waals surface area contributed by atoms with Crippen LogP contribution in [0, 0.1) is 5.92 Å². The normalized spacial score (nSPS) is 35.7. The van der Waals surface area contributed by atoms with E-state index in [9.17, 15) is 24.3 Å². The van der Waals surface area contributed by atoms with Crippen molar-refractivity contribution in [2.24, 2.45) is 11.7 Å². The molecule has 0 bridgehead atoms. The van der Waals surface area contributed by atoms with Gasteiger partial charge in [0.25, 0.3) is 0 Å². The van der Waals surface area contributed by atoms with E-state index in [0.717, 1.165) is 13.8 Å². The van der Waals surface area contributed by atoms with E-state index >= 15 is 0 Å². The predicted molar refractivity (Wildman–Crippen MR) is 116 cm³/mol. The molecule has 1 aliphatic heterocycles. The van der Waals surface area contributed by atoms with Crippen molar-refractivity contribution in [1.82, 2.24) is 5.32 Å². The highest BCUT2D eigenvalue weighted by Crippen LogP contribution is 2.30. The van der Waals surface area contributed by atoms with E-state index < -0.39 is 78.6 Å². The summed E-state index contributed by atoms with van der Waals surface area (Å²) in [5.41, 5.74) is 6.18. The van der Waals surface area contributed by atoms with Gasteiger partial charge in [-0.1, -0.05) is 0 Å². The summed E-state index contributed by atoms with van der Waals surface area (Å²) in [6, 6.07) is -0.630. The molecule has 34 heavy (non-hydrogen) atoms. The fraction of sp³-hybridized carbons (Fsp3) is 0.810. The molecule has 0 aromatic heterocycles. The molecule has 1 heterocycles. The average molecular weight is 509 g/mol. The first-order valence-corrected chi connectivity index (χ1v) is 11.6. The Morgan fingerprint density at radius 3 is 2.12 bits per heavy atom. The number of alkyl halides is 1. The van der Waals surface area contributed by atoms with Crippen LogP contribution in [0.1, 0.15) is 40.5 Å². The number of hydrogen-bond donors (Lipinski definition) is 3. The topological polar surface area (TPSA) is 173 Å². The van der Waals surface area contributed by atoms with Crippen LogP contribution in [0.25, 0.3) is 0 Å². The van der Waals surface area contributed by atoms with Crippen molar-refractivity contribution >= 4 is 35.4 Å². The maximum Gasteiger partial charge on any atom is 0.303 e. The van der Waals surface area contributed by atoms with Gasteiger partial charge in [-0.2, -0.15) is 0 Å². The number of rotatable bonds is 8. The van der Waals surface area contributed by atoms with Gasteiger partial charge in [-0.05, 0) is 19.8 Å². The van der Waals surface area contributed by atoms with Gasteiger partial charge in [0.15, 0.2) is 24.5 Å². The highest BCUT2D eigenvalue weighted by molar-refractivity contribution is 6.17. The third kappa shape index (κ3) is 7.51. The van der Waals surface area contributed by atoms with Crippen LogP contribution in [0.15, 0.2) is 0 Å². The van der Waals surface area contributed by atoms with Crippen LogP contribution in [-0.2, 0) is 42.9 Å². The molecule has 2 rings (SSSR count).